The zero-order valence-corrected chi connectivity index (χ0v) is 18.0. The van der Waals surface area contributed by atoms with Gasteiger partial charge in [-0.25, -0.2) is 4.79 Å². The number of fused-ring (bicyclic) bond motifs is 5. The number of hydrogen-bond donors (Lipinski definition) is 2. The summed E-state index contributed by atoms with van der Waals surface area (Å²) in [4.78, 5) is 12.5. The van der Waals surface area contributed by atoms with Crippen molar-refractivity contribution in [3.05, 3.63) is 69.6 Å². The summed E-state index contributed by atoms with van der Waals surface area (Å²) in [6.07, 6.45) is 7.94. The van der Waals surface area contributed by atoms with Crippen LogP contribution in [-0.4, -0.2) is 10.2 Å². The number of allylic oxidation sites excluding steroid dienone is 4. The van der Waals surface area contributed by atoms with Crippen molar-refractivity contribution in [1.29, 1.82) is 0 Å². The molecule has 0 saturated carbocycles. The van der Waals surface area contributed by atoms with Gasteiger partial charge in [0.2, 0.25) is 0 Å². The molecule has 0 bridgehead atoms. The van der Waals surface area contributed by atoms with E-state index in [4.69, 9.17) is 8.83 Å². The number of aromatic hydroxyl groups is 2. The Morgan fingerprint density at radius 1 is 0.935 bits per heavy atom. The first-order valence-electron chi connectivity index (χ1n) is 10.5. The number of furan rings is 1. The lowest BCUT2D eigenvalue weighted by atomic mass is 10.0. The maximum Gasteiger partial charge on any atom is 0.348 e. The lowest BCUT2D eigenvalue weighted by molar-refractivity contribution is 0.466. The topological polar surface area (TPSA) is 83.8 Å². The van der Waals surface area contributed by atoms with Crippen LogP contribution in [0.3, 0.4) is 0 Å². The summed E-state index contributed by atoms with van der Waals surface area (Å²) >= 11 is 0. The second kappa shape index (κ2) is 8.34. The first-order chi connectivity index (χ1) is 14.8. The molecule has 2 aromatic carbocycles. The molecule has 0 aliphatic carbocycles. The van der Waals surface area contributed by atoms with E-state index in [2.05, 4.69) is 32.9 Å². The van der Waals surface area contributed by atoms with Crippen molar-refractivity contribution in [3.63, 3.8) is 0 Å². The second-order valence-electron chi connectivity index (χ2n) is 8.26. The van der Waals surface area contributed by atoms with E-state index in [0.717, 1.165) is 24.8 Å². The molecule has 0 unspecified atom stereocenters. The molecule has 0 aliphatic heterocycles. The molecular formula is C26H26O5. The zero-order valence-electron chi connectivity index (χ0n) is 18.0. The van der Waals surface area contributed by atoms with Gasteiger partial charge in [0.05, 0.1) is 5.39 Å². The molecule has 4 aromatic rings. The largest absolute Gasteiger partial charge is 0.508 e. The summed E-state index contributed by atoms with van der Waals surface area (Å²) < 4.78 is 11.4. The summed E-state index contributed by atoms with van der Waals surface area (Å²) in [7, 11) is 0. The minimum Gasteiger partial charge on any atom is -0.508 e. The van der Waals surface area contributed by atoms with E-state index in [1.165, 1.54) is 29.3 Å². The average molecular weight is 418 g/mol. The Bertz CT molecular complexity index is 1390. The van der Waals surface area contributed by atoms with Crippen molar-refractivity contribution in [1.82, 2.24) is 0 Å². The third-order valence-corrected chi connectivity index (χ3v) is 5.50. The molecule has 4 rings (SSSR count). The molecule has 5 heteroatoms. The summed E-state index contributed by atoms with van der Waals surface area (Å²) in [6.45, 7) is 6.33. The van der Waals surface area contributed by atoms with Gasteiger partial charge in [0.15, 0.2) is 5.58 Å². The Morgan fingerprint density at radius 3 is 2.48 bits per heavy atom. The van der Waals surface area contributed by atoms with Gasteiger partial charge in [0, 0.05) is 17.5 Å². The van der Waals surface area contributed by atoms with Gasteiger partial charge in [0.1, 0.15) is 28.1 Å². The standard InChI is InChI=1S/C26H26O5/c1-15(2)6-4-7-16(3)8-5-9-17-12-20-23(14-21(17)28)31-26(29)24-19-11-10-18(27)13-22(19)30-25(20)24/h6,8,10-14,27-28H,4-5,7,9H2,1-3H3. The van der Waals surface area contributed by atoms with Crippen LogP contribution in [0.25, 0.3) is 32.9 Å². The number of benzene rings is 2. The summed E-state index contributed by atoms with van der Waals surface area (Å²) in [6, 6.07) is 7.93. The Morgan fingerprint density at radius 2 is 1.71 bits per heavy atom. The molecule has 160 valence electrons. The highest BCUT2D eigenvalue weighted by atomic mass is 16.4. The van der Waals surface area contributed by atoms with E-state index in [9.17, 15) is 15.0 Å². The molecule has 2 heterocycles. The molecule has 2 N–H and O–H groups in total. The fourth-order valence-electron chi connectivity index (χ4n) is 3.87. The predicted molar refractivity (Wildman–Crippen MR) is 124 cm³/mol. The molecule has 0 saturated heterocycles. The average Bonchev–Trinajstić information content (AvgIpc) is 3.07. The van der Waals surface area contributed by atoms with Crippen LogP contribution in [0.1, 0.15) is 45.6 Å². The molecule has 0 amide bonds. The van der Waals surface area contributed by atoms with E-state index >= 15 is 0 Å². The van der Waals surface area contributed by atoms with E-state index in [1.54, 1.807) is 6.07 Å². The number of rotatable bonds is 6. The molecule has 0 atom stereocenters. The van der Waals surface area contributed by atoms with Crippen molar-refractivity contribution in [2.24, 2.45) is 0 Å². The van der Waals surface area contributed by atoms with Gasteiger partial charge >= 0.3 is 5.63 Å². The highest BCUT2D eigenvalue weighted by molar-refractivity contribution is 6.13. The van der Waals surface area contributed by atoms with E-state index in [1.807, 2.05) is 6.07 Å². The molecule has 5 nitrogen and oxygen atoms in total. The van der Waals surface area contributed by atoms with Gasteiger partial charge in [-0.15, -0.1) is 0 Å². The first-order valence-corrected chi connectivity index (χ1v) is 10.5. The fourth-order valence-corrected chi connectivity index (χ4v) is 3.87. The smallest absolute Gasteiger partial charge is 0.348 e. The number of hydrogen-bond acceptors (Lipinski definition) is 5. The fraction of sp³-hybridized carbons (Fsp3) is 0.269. The van der Waals surface area contributed by atoms with Gasteiger partial charge < -0.3 is 19.0 Å². The molecule has 31 heavy (non-hydrogen) atoms. The van der Waals surface area contributed by atoms with Gasteiger partial charge in [-0.1, -0.05) is 23.3 Å². The summed E-state index contributed by atoms with van der Waals surface area (Å²) in [5.74, 6) is 0.157. The van der Waals surface area contributed by atoms with Crippen molar-refractivity contribution < 1.29 is 19.0 Å². The summed E-state index contributed by atoms with van der Waals surface area (Å²) in [5.41, 5.74) is 3.97. The third-order valence-electron chi connectivity index (χ3n) is 5.50. The number of aryl methyl sites for hydroxylation is 1. The van der Waals surface area contributed by atoms with Gasteiger partial charge in [0.25, 0.3) is 0 Å². The Hall–Kier alpha value is -3.47. The zero-order chi connectivity index (χ0) is 22.1. The Balaban J connectivity index is 1.69. The van der Waals surface area contributed by atoms with Gasteiger partial charge in [-0.2, -0.15) is 0 Å². The lowest BCUT2D eigenvalue weighted by Crippen LogP contribution is -1.99. The van der Waals surface area contributed by atoms with Crippen molar-refractivity contribution in [2.45, 2.75) is 46.5 Å². The van der Waals surface area contributed by atoms with Crippen LogP contribution in [0, 0.1) is 0 Å². The highest BCUT2D eigenvalue weighted by Crippen LogP contribution is 2.35. The van der Waals surface area contributed by atoms with Crippen LogP contribution in [-0.2, 0) is 6.42 Å². The second-order valence-corrected chi connectivity index (χ2v) is 8.26. The maximum absolute atomic E-state index is 12.5. The Labute approximate surface area is 179 Å². The molecule has 0 spiro atoms. The summed E-state index contributed by atoms with van der Waals surface area (Å²) in [5, 5.41) is 21.8. The molecular weight excluding hydrogens is 392 g/mol. The molecule has 0 radical (unpaired) electrons. The monoisotopic (exact) mass is 418 g/mol. The van der Waals surface area contributed by atoms with E-state index in [-0.39, 0.29) is 17.1 Å². The van der Waals surface area contributed by atoms with Crippen molar-refractivity contribution in [3.8, 4) is 11.5 Å². The number of phenols is 2. The van der Waals surface area contributed by atoms with Crippen LogP contribution >= 0.6 is 0 Å². The van der Waals surface area contributed by atoms with Crippen molar-refractivity contribution >= 4 is 32.9 Å². The third kappa shape index (κ3) is 4.22. The maximum atomic E-state index is 12.5. The van der Waals surface area contributed by atoms with Gasteiger partial charge in [-0.05, 0) is 70.2 Å². The minimum atomic E-state index is -0.533. The quantitative estimate of drug-likeness (QED) is 0.268. The first kappa shape index (κ1) is 20.8. The molecule has 0 aliphatic rings. The van der Waals surface area contributed by atoms with Crippen molar-refractivity contribution in [2.75, 3.05) is 0 Å². The Kier molecular flexibility index (Phi) is 5.59. The van der Waals surface area contributed by atoms with E-state index in [0.29, 0.717) is 33.7 Å². The lowest BCUT2D eigenvalue weighted by Gasteiger charge is -2.06. The highest BCUT2D eigenvalue weighted by Gasteiger charge is 2.18. The minimum absolute atomic E-state index is 0.0605. The number of phenolic OH excluding ortho intramolecular Hbond substituents is 2. The van der Waals surface area contributed by atoms with Crippen LogP contribution in [0.15, 0.2) is 67.3 Å². The van der Waals surface area contributed by atoms with Crippen LogP contribution in [0.5, 0.6) is 11.5 Å². The van der Waals surface area contributed by atoms with E-state index < -0.39 is 5.63 Å². The predicted octanol–water partition coefficient (Wildman–Crippen LogP) is 6.73. The van der Waals surface area contributed by atoms with Crippen LogP contribution < -0.4 is 5.63 Å². The molecule has 0 fully saturated rings. The molecule has 2 aromatic heterocycles. The normalized spacial score (nSPS) is 12.2. The van der Waals surface area contributed by atoms with Gasteiger partial charge in [-0.3, -0.25) is 0 Å². The SMILES string of the molecule is CC(C)=CCCC(C)=CCCc1cc2c(cc1O)oc(=O)c1c3ccc(O)cc3oc21. The van der Waals surface area contributed by atoms with Crippen LogP contribution in [0.4, 0.5) is 0 Å². The van der Waals surface area contributed by atoms with Crippen LogP contribution in [0.2, 0.25) is 0 Å².